The van der Waals surface area contributed by atoms with Gasteiger partial charge in [0, 0.05) is 11.0 Å². The van der Waals surface area contributed by atoms with Crippen LogP contribution >= 0.6 is 11.3 Å². The first-order valence-electron chi connectivity index (χ1n) is 10.7. The van der Waals surface area contributed by atoms with Crippen LogP contribution in [0.4, 0.5) is 13.8 Å². The minimum absolute atomic E-state index is 0.0752. The van der Waals surface area contributed by atoms with E-state index in [9.17, 15) is 13.6 Å². The number of H-pyrrole nitrogens is 1. The lowest BCUT2D eigenvalue weighted by Crippen LogP contribution is -2.08. The van der Waals surface area contributed by atoms with Crippen molar-refractivity contribution in [2.75, 3.05) is 5.32 Å². The lowest BCUT2D eigenvalue weighted by molar-refractivity contribution is -0.111. The summed E-state index contributed by atoms with van der Waals surface area (Å²) < 4.78 is 28.9. The van der Waals surface area contributed by atoms with Crippen LogP contribution in [0.1, 0.15) is 28.8 Å². The van der Waals surface area contributed by atoms with E-state index in [1.54, 1.807) is 29.5 Å². The quantitative estimate of drug-likeness (QED) is 0.323. The second-order valence-electron chi connectivity index (χ2n) is 7.79. The van der Waals surface area contributed by atoms with Gasteiger partial charge in [-0.15, -0.1) is 11.3 Å². The van der Waals surface area contributed by atoms with Crippen molar-refractivity contribution in [3.8, 4) is 17.1 Å². The topological polar surface area (TPSA) is 67.0 Å². The van der Waals surface area contributed by atoms with E-state index in [1.807, 2.05) is 24.3 Å². The van der Waals surface area contributed by atoms with Gasteiger partial charge in [-0.25, -0.2) is 4.98 Å². The third kappa shape index (κ3) is 4.66. The fourth-order valence-corrected chi connectivity index (χ4v) is 5.36. The molecule has 4 aromatic rings. The number of fused-ring (bicyclic) bond motifs is 2. The molecular weight excluding hydrogens is 444 g/mol. The van der Waals surface area contributed by atoms with Gasteiger partial charge in [-0.3, -0.25) is 4.79 Å². The number of anilines is 1. The normalized spacial score (nSPS) is 13.5. The van der Waals surface area contributed by atoms with Gasteiger partial charge < -0.3 is 15.0 Å². The molecule has 0 unspecified atom stereocenters. The number of aromatic amines is 1. The molecule has 1 aliphatic rings. The van der Waals surface area contributed by atoms with Crippen LogP contribution in [0.5, 0.6) is 5.75 Å². The number of aryl methyl sites for hydroxylation is 1. The Labute approximate surface area is 193 Å². The molecular formula is C25H21F2N3O2S. The smallest absolute Gasteiger partial charge is 0.387 e. The molecule has 0 bridgehead atoms. The Hall–Kier alpha value is -3.52. The number of ether oxygens (including phenoxy) is 1. The Kier molecular flexibility index (Phi) is 5.92. The summed E-state index contributed by atoms with van der Waals surface area (Å²) in [5.41, 5.74) is 4.79. The van der Waals surface area contributed by atoms with Crippen molar-refractivity contribution < 1.29 is 18.3 Å². The first-order chi connectivity index (χ1) is 16.1. The fourth-order valence-electron chi connectivity index (χ4n) is 4.06. The van der Waals surface area contributed by atoms with E-state index >= 15 is 0 Å². The number of carbonyl (C=O) groups is 1. The summed E-state index contributed by atoms with van der Waals surface area (Å²) >= 11 is 1.61. The van der Waals surface area contributed by atoms with Crippen molar-refractivity contribution in [3.63, 3.8) is 0 Å². The minimum atomic E-state index is -2.87. The van der Waals surface area contributed by atoms with Crippen molar-refractivity contribution >= 4 is 39.4 Å². The van der Waals surface area contributed by atoms with Gasteiger partial charge in [0.1, 0.15) is 16.6 Å². The molecule has 0 spiro atoms. The van der Waals surface area contributed by atoms with Crippen molar-refractivity contribution in [3.05, 3.63) is 70.6 Å². The summed E-state index contributed by atoms with van der Waals surface area (Å²) in [6, 6.07) is 14.0. The monoisotopic (exact) mass is 465 g/mol. The summed E-state index contributed by atoms with van der Waals surface area (Å²) in [6.07, 6.45) is 7.31. The molecule has 1 amide bonds. The average molecular weight is 466 g/mol. The molecule has 1 aliphatic carbocycles. The number of amides is 1. The van der Waals surface area contributed by atoms with Gasteiger partial charge in [-0.1, -0.05) is 24.3 Å². The van der Waals surface area contributed by atoms with E-state index < -0.39 is 6.61 Å². The molecule has 8 heteroatoms. The van der Waals surface area contributed by atoms with E-state index in [4.69, 9.17) is 4.98 Å². The number of hydrogen-bond acceptors (Lipinski definition) is 4. The van der Waals surface area contributed by atoms with Crippen LogP contribution in [0.3, 0.4) is 0 Å². The number of thiophene rings is 1. The number of rotatable bonds is 6. The Morgan fingerprint density at radius 2 is 1.91 bits per heavy atom. The third-order valence-electron chi connectivity index (χ3n) is 5.57. The summed E-state index contributed by atoms with van der Waals surface area (Å²) in [4.78, 5) is 22.2. The van der Waals surface area contributed by atoms with Gasteiger partial charge in [0.05, 0.1) is 16.6 Å². The Balaban J connectivity index is 1.39. The highest BCUT2D eigenvalue weighted by Crippen LogP contribution is 2.43. The van der Waals surface area contributed by atoms with E-state index in [0.29, 0.717) is 5.56 Å². The Bertz CT molecular complexity index is 1290. The summed E-state index contributed by atoms with van der Waals surface area (Å²) in [7, 11) is 0. The van der Waals surface area contributed by atoms with E-state index in [-0.39, 0.29) is 11.7 Å². The van der Waals surface area contributed by atoms with Crippen LogP contribution < -0.4 is 10.1 Å². The summed E-state index contributed by atoms with van der Waals surface area (Å²) in [5, 5.41) is 3.82. The molecule has 33 heavy (non-hydrogen) atoms. The minimum Gasteiger partial charge on any atom is -0.435 e. The molecule has 2 N–H and O–H groups in total. The number of aromatic nitrogens is 2. The lowest BCUT2D eigenvalue weighted by Gasteiger charge is -2.11. The predicted molar refractivity (Wildman–Crippen MR) is 127 cm³/mol. The van der Waals surface area contributed by atoms with Crippen molar-refractivity contribution in [1.82, 2.24) is 9.97 Å². The molecule has 0 fully saturated rings. The number of imidazole rings is 1. The number of hydrogen-bond donors (Lipinski definition) is 2. The molecule has 0 saturated heterocycles. The maximum Gasteiger partial charge on any atom is 0.387 e. The third-order valence-corrected chi connectivity index (χ3v) is 6.77. The van der Waals surface area contributed by atoms with Crippen LogP contribution in [0.25, 0.3) is 28.5 Å². The zero-order valence-corrected chi connectivity index (χ0v) is 18.4. The van der Waals surface area contributed by atoms with Gasteiger partial charge in [-0.05, 0) is 67.2 Å². The van der Waals surface area contributed by atoms with E-state index in [2.05, 4.69) is 15.0 Å². The highest BCUT2D eigenvalue weighted by molar-refractivity contribution is 7.17. The summed E-state index contributed by atoms with van der Waals surface area (Å²) in [6.45, 7) is -2.87. The van der Waals surface area contributed by atoms with Crippen molar-refractivity contribution in [1.29, 1.82) is 0 Å². The first kappa shape index (κ1) is 21.3. The number of halogens is 2. The highest BCUT2D eigenvalue weighted by Gasteiger charge is 2.24. The second-order valence-corrected chi connectivity index (χ2v) is 8.89. The number of nitrogens with zero attached hydrogens (tertiary/aromatic N) is 1. The Morgan fingerprint density at radius 3 is 2.70 bits per heavy atom. The second kappa shape index (κ2) is 9.15. The molecule has 0 atom stereocenters. The van der Waals surface area contributed by atoms with Crippen LogP contribution in [-0.4, -0.2) is 22.5 Å². The number of carbonyl (C=O) groups excluding carboxylic acids is 1. The van der Waals surface area contributed by atoms with Gasteiger partial charge in [0.25, 0.3) is 0 Å². The van der Waals surface area contributed by atoms with E-state index in [1.165, 1.54) is 28.6 Å². The van der Waals surface area contributed by atoms with Crippen LogP contribution in [0, 0.1) is 0 Å². The molecule has 0 saturated carbocycles. The molecule has 0 radical (unpaired) electrons. The molecule has 5 nitrogen and oxygen atoms in total. The predicted octanol–water partition coefficient (Wildman–Crippen LogP) is 6.42. The molecule has 2 aromatic carbocycles. The summed E-state index contributed by atoms with van der Waals surface area (Å²) in [5.74, 6) is 0.578. The van der Waals surface area contributed by atoms with Gasteiger partial charge >= 0.3 is 6.61 Å². The molecule has 2 aromatic heterocycles. The number of benzene rings is 2. The SMILES string of the molecule is O=C(/C=C/c1ccc(OC(F)F)cc1)Nc1sc2c(c1-c1nc3ccccc3[nH]1)CCCC2. The van der Waals surface area contributed by atoms with Crippen LogP contribution in [-0.2, 0) is 17.6 Å². The number of alkyl halides is 2. The highest BCUT2D eigenvalue weighted by atomic mass is 32.1. The average Bonchev–Trinajstić information content (AvgIpc) is 3.38. The first-order valence-corrected chi connectivity index (χ1v) is 11.5. The van der Waals surface area contributed by atoms with Gasteiger partial charge in [0.15, 0.2) is 0 Å². The van der Waals surface area contributed by atoms with Crippen LogP contribution in [0.15, 0.2) is 54.6 Å². The fraction of sp³-hybridized carbons (Fsp3) is 0.200. The van der Waals surface area contributed by atoms with Gasteiger partial charge in [-0.2, -0.15) is 8.78 Å². The number of para-hydroxylation sites is 2. The maximum absolute atomic E-state index is 12.7. The Morgan fingerprint density at radius 1 is 1.12 bits per heavy atom. The van der Waals surface area contributed by atoms with Crippen molar-refractivity contribution in [2.24, 2.45) is 0 Å². The standard InChI is InChI=1S/C25H21F2N3O2S/c26-25(27)32-16-12-9-15(10-13-16)11-14-21(31)30-24-22(17-5-1-4-8-20(17)33-24)23-28-18-6-2-3-7-19(18)29-23/h2-3,6-7,9-14,25H,1,4-5,8H2,(H,28,29)(H,30,31)/b14-11+. The van der Waals surface area contributed by atoms with Gasteiger partial charge in [0.2, 0.25) is 5.91 Å². The molecule has 168 valence electrons. The van der Waals surface area contributed by atoms with Crippen LogP contribution in [0.2, 0.25) is 0 Å². The zero-order chi connectivity index (χ0) is 22.8. The largest absolute Gasteiger partial charge is 0.435 e. The lowest BCUT2D eigenvalue weighted by atomic mass is 9.95. The number of nitrogens with one attached hydrogen (secondary N) is 2. The van der Waals surface area contributed by atoms with Crippen molar-refractivity contribution in [2.45, 2.75) is 32.3 Å². The van der Waals surface area contributed by atoms with E-state index in [0.717, 1.165) is 53.1 Å². The molecule has 0 aliphatic heterocycles. The maximum atomic E-state index is 12.7. The molecule has 2 heterocycles. The zero-order valence-electron chi connectivity index (χ0n) is 17.6. The molecule has 5 rings (SSSR count).